The van der Waals surface area contributed by atoms with E-state index >= 15 is 0 Å². The van der Waals surface area contributed by atoms with Crippen LogP contribution in [0.2, 0.25) is 0 Å². The number of phenols is 1. The van der Waals surface area contributed by atoms with E-state index in [2.05, 4.69) is 0 Å². The van der Waals surface area contributed by atoms with Crippen LogP contribution in [0.15, 0.2) is 12.1 Å². The molecule has 0 bridgehead atoms. The van der Waals surface area contributed by atoms with Gasteiger partial charge in [0, 0.05) is 11.6 Å². The number of carboxylic acids is 1. The van der Waals surface area contributed by atoms with Gasteiger partial charge in [0.25, 0.3) is 0 Å². The van der Waals surface area contributed by atoms with Gasteiger partial charge < -0.3 is 19.7 Å². The third-order valence-corrected chi connectivity index (χ3v) is 4.29. The van der Waals surface area contributed by atoms with Gasteiger partial charge in [-0.3, -0.25) is 4.79 Å². The second kappa shape index (κ2) is 4.89. The number of carboxylic acid groups (broad SMARTS) is 1. The molecule has 0 unspecified atom stereocenters. The maximum atomic E-state index is 11.8. The topological polar surface area (TPSA) is 76.0 Å². The molecule has 108 valence electrons. The van der Waals surface area contributed by atoms with Gasteiger partial charge in [-0.25, -0.2) is 0 Å². The van der Waals surface area contributed by atoms with E-state index in [1.54, 1.807) is 6.07 Å². The molecule has 0 spiro atoms. The second-order valence-electron chi connectivity index (χ2n) is 5.46. The van der Waals surface area contributed by atoms with Crippen molar-refractivity contribution in [1.82, 2.24) is 0 Å². The Morgan fingerprint density at radius 2 is 1.65 bits per heavy atom. The Labute approximate surface area is 117 Å². The zero-order chi connectivity index (χ0) is 14.2. The second-order valence-corrected chi connectivity index (χ2v) is 5.46. The van der Waals surface area contributed by atoms with Gasteiger partial charge in [-0.05, 0) is 18.9 Å². The largest absolute Gasteiger partial charge is 0.507 e. The SMILES string of the molecule is O=C(O)C1(c2cc3c(cc2O)OCCO3)CCCCC1. The zero-order valence-corrected chi connectivity index (χ0v) is 11.2. The molecular weight excluding hydrogens is 260 g/mol. The van der Waals surface area contributed by atoms with Crippen LogP contribution in [0, 0.1) is 0 Å². The van der Waals surface area contributed by atoms with Gasteiger partial charge in [0.15, 0.2) is 11.5 Å². The minimum Gasteiger partial charge on any atom is -0.507 e. The first kappa shape index (κ1) is 13.1. The number of aliphatic carboxylic acids is 1. The van der Waals surface area contributed by atoms with Crippen LogP contribution in [0.3, 0.4) is 0 Å². The Morgan fingerprint density at radius 1 is 1.05 bits per heavy atom. The van der Waals surface area contributed by atoms with E-state index in [0.29, 0.717) is 43.1 Å². The molecule has 5 nitrogen and oxygen atoms in total. The number of fused-ring (bicyclic) bond motifs is 1. The lowest BCUT2D eigenvalue weighted by Crippen LogP contribution is -2.38. The Balaban J connectivity index is 2.09. The van der Waals surface area contributed by atoms with Crippen LogP contribution in [0.1, 0.15) is 37.7 Å². The van der Waals surface area contributed by atoms with Crippen molar-refractivity contribution >= 4 is 5.97 Å². The van der Waals surface area contributed by atoms with E-state index in [-0.39, 0.29) is 5.75 Å². The third kappa shape index (κ3) is 1.97. The normalized spacial score (nSPS) is 20.4. The molecule has 3 rings (SSSR count). The van der Waals surface area contributed by atoms with Crippen molar-refractivity contribution in [2.45, 2.75) is 37.5 Å². The van der Waals surface area contributed by atoms with Crippen molar-refractivity contribution in [1.29, 1.82) is 0 Å². The van der Waals surface area contributed by atoms with E-state index in [1.165, 1.54) is 6.07 Å². The monoisotopic (exact) mass is 278 g/mol. The van der Waals surface area contributed by atoms with Crippen molar-refractivity contribution in [3.63, 3.8) is 0 Å². The van der Waals surface area contributed by atoms with E-state index in [4.69, 9.17) is 9.47 Å². The molecule has 1 aliphatic heterocycles. The zero-order valence-electron chi connectivity index (χ0n) is 11.2. The van der Waals surface area contributed by atoms with Crippen LogP contribution >= 0.6 is 0 Å². The number of hydrogen-bond acceptors (Lipinski definition) is 4. The van der Waals surface area contributed by atoms with Crippen molar-refractivity contribution in [2.24, 2.45) is 0 Å². The Hall–Kier alpha value is -1.91. The van der Waals surface area contributed by atoms with Crippen molar-refractivity contribution < 1.29 is 24.5 Å². The summed E-state index contributed by atoms with van der Waals surface area (Å²) in [5.74, 6) is 0.117. The number of aromatic hydroxyl groups is 1. The summed E-state index contributed by atoms with van der Waals surface area (Å²) in [7, 11) is 0. The maximum absolute atomic E-state index is 11.8. The van der Waals surface area contributed by atoms with Crippen LogP contribution in [-0.2, 0) is 10.2 Å². The highest BCUT2D eigenvalue weighted by Crippen LogP contribution is 2.47. The molecule has 1 aromatic rings. The first-order chi connectivity index (χ1) is 9.63. The van der Waals surface area contributed by atoms with Gasteiger partial charge in [-0.15, -0.1) is 0 Å². The van der Waals surface area contributed by atoms with Gasteiger partial charge in [0.1, 0.15) is 19.0 Å². The van der Waals surface area contributed by atoms with Crippen molar-refractivity contribution in [2.75, 3.05) is 13.2 Å². The number of ether oxygens (including phenoxy) is 2. The van der Waals surface area contributed by atoms with Crippen molar-refractivity contribution in [3.8, 4) is 17.2 Å². The molecule has 1 aromatic carbocycles. The van der Waals surface area contributed by atoms with Crippen LogP contribution in [-0.4, -0.2) is 29.4 Å². The molecule has 1 heterocycles. The standard InChI is InChI=1S/C15H18O5/c16-11-9-13-12(19-6-7-20-13)8-10(11)15(14(17)18)4-2-1-3-5-15/h8-9,16H,1-7H2,(H,17,18). The quantitative estimate of drug-likeness (QED) is 0.869. The number of benzene rings is 1. The Bertz CT molecular complexity index is 531. The fraction of sp³-hybridized carbons (Fsp3) is 0.533. The van der Waals surface area contributed by atoms with Crippen LogP contribution in [0.25, 0.3) is 0 Å². The summed E-state index contributed by atoms with van der Waals surface area (Å²) in [6.07, 6.45) is 3.87. The summed E-state index contributed by atoms with van der Waals surface area (Å²) in [5, 5.41) is 19.9. The molecule has 1 aliphatic carbocycles. The highest BCUT2D eigenvalue weighted by molar-refractivity contribution is 5.83. The van der Waals surface area contributed by atoms with E-state index in [1.807, 2.05) is 0 Å². The number of hydrogen-bond donors (Lipinski definition) is 2. The van der Waals surface area contributed by atoms with E-state index in [9.17, 15) is 15.0 Å². The molecule has 20 heavy (non-hydrogen) atoms. The predicted octanol–water partition coefficient (Wildman–Crippen LogP) is 2.45. The van der Waals surface area contributed by atoms with E-state index < -0.39 is 11.4 Å². The molecular formula is C15H18O5. The fourth-order valence-corrected chi connectivity index (χ4v) is 3.22. The summed E-state index contributed by atoms with van der Waals surface area (Å²) < 4.78 is 10.9. The molecule has 1 saturated carbocycles. The first-order valence-corrected chi connectivity index (χ1v) is 7.00. The van der Waals surface area contributed by atoms with Gasteiger partial charge in [0.05, 0.1) is 5.41 Å². The van der Waals surface area contributed by atoms with Gasteiger partial charge in [-0.2, -0.15) is 0 Å². The van der Waals surface area contributed by atoms with Crippen LogP contribution in [0.5, 0.6) is 17.2 Å². The smallest absolute Gasteiger partial charge is 0.314 e. The Morgan fingerprint density at radius 3 is 2.25 bits per heavy atom. The van der Waals surface area contributed by atoms with E-state index in [0.717, 1.165) is 19.3 Å². The average Bonchev–Trinajstić information content (AvgIpc) is 2.47. The minimum absolute atomic E-state index is 0.0152. The highest BCUT2D eigenvalue weighted by Gasteiger charge is 2.43. The molecule has 0 radical (unpaired) electrons. The predicted molar refractivity (Wildman–Crippen MR) is 71.5 cm³/mol. The molecule has 0 amide bonds. The Kier molecular flexibility index (Phi) is 3.20. The van der Waals surface area contributed by atoms with Gasteiger partial charge in [-0.1, -0.05) is 19.3 Å². The summed E-state index contributed by atoms with van der Waals surface area (Å²) in [6, 6.07) is 3.12. The summed E-state index contributed by atoms with van der Waals surface area (Å²) in [5.41, 5.74) is -0.549. The molecule has 5 heteroatoms. The molecule has 0 atom stereocenters. The van der Waals surface area contributed by atoms with Crippen molar-refractivity contribution in [3.05, 3.63) is 17.7 Å². The highest BCUT2D eigenvalue weighted by atomic mass is 16.6. The lowest BCUT2D eigenvalue weighted by molar-refractivity contribution is -0.145. The average molecular weight is 278 g/mol. The molecule has 1 fully saturated rings. The lowest BCUT2D eigenvalue weighted by atomic mass is 9.69. The van der Waals surface area contributed by atoms with Gasteiger partial charge >= 0.3 is 5.97 Å². The molecule has 0 saturated heterocycles. The van der Waals surface area contributed by atoms with Gasteiger partial charge in [0.2, 0.25) is 0 Å². The maximum Gasteiger partial charge on any atom is 0.314 e. The fourth-order valence-electron chi connectivity index (χ4n) is 3.22. The number of rotatable bonds is 2. The van der Waals surface area contributed by atoms with Crippen LogP contribution < -0.4 is 9.47 Å². The summed E-state index contributed by atoms with van der Waals surface area (Å²) in [4.78, 5) is 11.8. The molecule has 2 N–H and O–H groups in total. The molecule has 0 aromatic heterocycles. The lowest BCUT2D eigenvalue weighted by Gasteiger charge is -2.34. The summed E-state index contributed by atoms with van der Waals surface area (Å²) >= 11 is 0. The third-order valence-electron chi connectivity index (χ3n) is 4.29. The number of phenolic OH excluding ortho intramolecular Hbond substituents is 1. The molecule has 2 aliphatic rings. The summed E-state index contributed by atoms with van der Waals surface area (Å²) in [6.45, 7) is 0.882. The number of carbonyl (C=O) groups is 1. The van der Waals surface area contributed by atoms with Crippen LogP contribution in [0.4, 0.5) is 0 Å². The minimum atomic E-state index is -1.00. The first-order valence-electron chi connectivity index (χ1n) is 7.00.